The summed E-state index contributed by atoms with van der Waals surface area (Å²) in [6.07, 6.45) is -4.45. The zero-order chi connectivity index (χ0) is 18.9. The third kappa shape index (κ3) is 3.74. The summed E-state index contributed by atoms with van der Waals surface area (Å²) in [5.41, 5.74) is 7.31. The van der Waals surface area contributed by atoms with Crippen molar-refractivity contribution in [3.05, 3.63) is 65.0 Å². The Labute approximate surface area is 147 Å². The highest BCUT2D eigenvalue weighted by molar-refractivity contribution is 5.97. The van der Waals surface area contributed by atoms with E-state index in [1.54, 1.807) is 18.2 Å². The van der Waals surface area contributed by atoms with Gasteiger partial charge in [0.05, 0.1) is 33.7 Å². The fourth-order valence-corrected chi connectivity index (χ4v) is 2.35. The van der Waals surface area contributed by atoms with Gasteiger partial charge in [0.2, 0.25) is 0 Å². The molecule has 5 nitrogen and oxygen atoms in total. The van der Waals surface area contributed by atoms with E-state index in [0.29, 0.717) is 16.6 Å². The molecule has 1 amide bonds. The van der Waals surface area contributed by atoms with Gasteiger partial charge in [-0.05, 0) is 50.2 Å². The van der Waals surface area contributed by atoms with Gasteiger partial charge in [0.25, 0.3) is 5.91 Å². The molecule has 1 heterocycles. The number of hydrogen-bond donors (Lipinski definition) is 2. The number of amides is 1. The zero-order valence-corrected chi connectivity index (χ0v) is 14.0. The van der Waals surface area contributed by atoms with Crippen LogP contribution in [0, 0.1) is 13.8 Å². The summed E-state index contributed by atoms with van der Waals surface area (Å²) in [6.45, 7) is 3.67. The van der Waals surface area contributed by atoms with Gasteiger partial charge in [-0.1, -0.05) is 6.07 Å². The van der Waals surface area contributed by atoms with Crippen LogP contribution in [0.25, 0.3) is 11.0 Å². The lowest BCUT2D eigenvalue weighted by Gasteiger charge is -2.12. The molecule has 3 rings (SSSR count). The minimum absolute atomic E-state index is 0.125. The molecule has 0 radical (unpaired) electrons. The highest BCUT2D eigenvalue weighted by atomic mass is 19.4. The summed E-state index contributed by atoms with van der Waals surface area (Å²) in [4.78, 5) is 21.0. The molecule has 2 aromatic carbocycles. The molecule has 0 atom stereocenters. The van der Waals surface area contributed by atoms with Gasteiger partial charge in [0, 0.05) is 5.56 Å². The SMILES string of the molecule is Cc1nc2ccc(C(=O)NNc3cccc(C(F)(F)F)c3)cc2nc1C. The Morgan fingerprint density at radius 2 is 1.65 bits per heavy atom. The van der Waals surface area contributed by atoms with E-state index in [2.05, 4.69) is 20.8 Å². The number of fused-ring (bicyclic) bond motifs is 1. The summed E-state index contributed by atoms with van der Waals surface area (Å²) in [5.74, 6) is -0.496. The molecule has 26 heavy (non-hydrogen) atoms. The molecule has 0 bridgehead atoms. The molecule has 0 saturated heterocycles. The Balaban J connectivity index is 1.76. The average Bonchev–Trinajstić information content (AvgIpc) is 2.60. The molecule has 134 valence electrons. The topological polar surface area (TPSA) is 66.9 Å². The number of hydrazine groups is 1. The van der Waals surface area contributed by atoms with Crippen molar-refractivity contribution in [3.63, 3.8) is 0 Å². The second-order valence-electron chi connectivity index (χ2n) is 5.76. The lowest BCUT2D eigenvalue weighted by Crippen LogP contribution is -2.29. The van der Waals surface area contributed by atoms with E-state index in [1.807, 2.05) is 13.8 Å². The van der Waals surface area contributed by atoms with Crippen LogP contribution >= 0.6 is 0 Å². The predicted octanol–water partition coefficient (Wildman–Crippen LogP) is 4.02. The highest BCUT2D eigenvalue weighted by Crippen LogP contribution is 2.30. The number of hydrogen-bond acceptors (Lipinski definition) is 4. The van der Waals surface area contributed by atoms with E-state index in [4.69, 9.17) is 0 Å². The van der Waals surface area contributed by atoms with Gasteiger partial charge >= 0.3 is 6.18 Å². The Hall–Kier alpha value is -3.16. The molecule has 8 heteroatoms. The van der Waals surface area contributed by atoms with Crippen LogP contribution in [0.2, 0.25) is 0 Å². The molecule has 0 aliphatic carbocycles. The number of halogens is 3. The van der Waals surface area contributed by atoms with E-state index in [-0.39, 0.29) is 5.69 Å². The van der Waals surface area contributed by atoms with Gasteiger partial charge in [-0.15, -0.1) is 0 Å². The van der Waals surface area contributed by atoms with E-state index in [0.717, 1.165) is 23.5 Å². The quantitative estimate of drug-likeness (QED) is 0.693. The van der Waals surface area contributed by atoms with Crippen LogP contribution in [0.15, 0.2) is 42.5 Å². The number of benzene rings is 2. The zero-order valence-electron chi connectivity index (χ0n) is 14.0. The van der Waals surface area contributed by atoms with Crippen molar-refractivity contribution in [3.8, 4) is 0 Å². The van der Waals surface area contributed by atoms with Crippen molar-refractivity contribution < 1.29 is 18.0 Å². The summed E-state index contributed by atoms with van der Waals surface area (Å²) in [6, 6.07) is 9.39. The monoisotopic (exact) mass is 360 g/mol. The standard InChI is InChI=1S/C18H15F3N4O/c1-10-11(2)23-16-8-12(6-7-15(16)22-10)17(26)25-24-14-5-3-4-13(9-14)18(19,20)21/h3-9,24H,1-2H3,(H,25,26). The minimum Gasteiger partial charge on any atom is -0.298 e. The lowest BCUT2D eigenvalue weighted by atomic mass is 10.1. The molecule has 0 saturated carbocycles. The lowest BCUT2D eigenvalue weighted by molar-refractivity contribution is -0.137. The van der Waals surface area contributed by atoms with Gasteiger partial charge in [-0.25, -0.2) is 9.97 Å². The molecule has 2 N–H and O–H groups in total. The second kappa shape index (κ2) is 6.62. The van der Waals surface area contributed by atoms with Gasteiger partial charge < -0.3 is 0 Å². The van der Waals surface area contributed by atoms with E-state index in [1.165, 1.54) is 12.1 Å². The van der Waals surface area contributed by atoms with Crippen molar-refractivity contribution >= 4 is 22.6 Å². The number of nitrogens with one attached hydrogen (secondary N) is 2. The Kier molecular flexibility index (Phi) is 4.50. The molecule has 0 spiro atoms. The number of carbonyl (C=O) groups excluding carboxylic acids is 1. The van der Waals surface area contributed by atoms with Crippen molar-refractivity contribution in [2.45, 2.75) is 20.0 Å². The van der Waals surface area contributed by atoms with Gasteiger partial charge in [-0.3, -0.25) is 15.6 Å². The first-order valence-corrected chi connectivity index (χ1v) is 7.72. The average molecular weight is 360 g/mol. The fraction of sp³-hybridized carbons (Fsp3) is 0.167. The van der Waals surface area contributed by atoms with Crippen LogP contribution in [-0.4, -0.2) is 15.9 Å². The maximum atomic E-state index is 12.7. The molecule has 3 aromatic rings. The van der Waals surface area contributed by atoms with Crippen molar-refractivity contribution in [2.24, 2.45) is 0 Å². The second-order valence-corrected chi connectivity index (χ2v) is 5.76. The molecular weight excluding hydrogens is 345 g/mol. The number of nitrogens with zero attached hydrogens (tertiary/aromatic N) is 2. The number of carbonyl (C=O) groups is 1. The van der Waals surface area contributed by atoms with E-state index >= 15 is 0 Å². The van der Waals surface area contributed by atoms with E-state index in [9.17, 15) is 18.0 Å². The van der Waals surface area contributed by atoms with Crippen molar-refractivity contribution in [1.29, 1.82) is 0 Å². The number of anilines is 1. The Morgan fingerprint density at radius 3 is 2.35 bits per heavy atom. The highest BCUT2D eigenvalue weighted by Gasteiger charge is 2.30. The summed E-state index contributed by atoms with van der Waals surface area (Å²) in [7, 11) is 0. The normalized spacial score (nSPS) is 11.4. The molecule has 0 unspecified atom stereocenters. The number of alkyl halides is 3. The van der Waals surface area contributed by atoms with E-state index < -0.39 is 17.6 Å². The van der Waals surface area contributed by atoms with Crippen molar-refractivity contribution in [2.75, 3.05) is 5.43 Å². The van der Waals surface area contributed by atoms with Crippen LogP contribution in [0.3, 0.4) is 0 Å². The Morgan fingerprint density at radius 1 is 0.962 bits per heavy atom. The minimum atomic E-state index is -4.45. The van der Waals surface area contributed by atoms with Crippen LogP contribution in [-0.2, 0) is 6.18 Å². The summed E-state index contributed by atoms with van der Waals surface area (Å²) < 4.78 is 38.1. The molecule has 0 aliphatic heterocycles. The largest absolute Gasteiger partial charge is 0.416 e. The van der Waals surface area contributed by atoms with Crippen LogP contribution in [0.5, 0.6) is 0 Å². The first-order valence-electron chi connectivity index (χ1n) is 7.72. The Bertz CT molecular complexity index is 986. The maximum Gasteiger partial charge on any atom is 0.416 e. The van der Waals surface area contributed by atoms with Gasteiger partial charge in [0.15, 0.2) is 0 Å². The first-order chi connectivity index (χ1) is 12.2. The van der Waals surface area contributed by atoms with Crippen molar-refractivity contribution in [1.82, 2.24) is 15.4 Å². The smallest absolute Gasteiger partial charge is 0.298 e. The fourth-order valence-electron chi connectivity index (χ4n) is 2.35. The molecule has 1 aromatic heterocycles. The predicted molar refractivity (Wildman–Crippen MR) is 91.5 cm³/mol. The van der Waals surface area contributed by atoms with Crippen LogP contribution < -0.4 is 10.9 Å². The molecule has 0 aliphatic rings. The van der Waals surface area contributed by atoms with Crippen LogP contribution in [0.4, 0.5) is 18.9 Å². The van der Waals surface area contributed by atoms with Gasteiger partial charge in [-0.2, -0.15) is 13.2 Å². The number of aryl methyl sites for hydroxylation is 2. The summed E-state index contributed by atoms with van der Waals surface area (Å²) in [5, 5.41) is 0. The maximum absolute atomic E-state index is 12.7. The molecule has 0 fully saturated rings. The number of aromatic nitrogens is 2. The van der Waals surface area contributed by atoms with Crippen LogP contribution in [0.1, 0.15) is 27.3 Å². The summed E-state index contributed by atoms with van der Waals surface area (Å²) >= 11 is 0. The first kappa shape index (κ1) is 17.7. The van der Waals surface area contributed by atoms with Gasteiger partial charge in [0.1, 0.15) is 0 Å². The third-order valence-corrected chi connectivity index (χ3v) is 3.85. The third-order valence-electron chi connectivity index (χ3n) is 3.85. The number of rotatable bonds is 3. The molecular formula is C18H15F3N4O.